The zero-order valence-electron chi connectivity index (χ0n) is 9.42. The number of nitrogens with zero attached hydrogens (tertiary/aromatic N) is 4. The Balaban J connectivity index is 2.11. The standard InChI is InChI=1S/C11H14N4O/c1-3-11(16)10-5-13-15(8-10)7-9-4-12-14(2)6-9/h4-6,8H,3,7H2,1-2H3. The molecule has 0 aliphatic carbocycles. The topological polar surface area (TPSA) is 52.7 Å². The Labute approximate surface area is 93.7 Å². The maximum absolute atomic E-state index is 11.4. The van der Waals surface area contributed by atoms with E-state index in [4.69, 9.17) is 0 Å². The number of hydrogen-bond donors (Lipinski definition) is 0. The van der Waals surface area contributed by atoms with Crippen molar-refractivity contribution in [2.75, 3.05) is 0 Å². The van der Waals surface area contributed by atoms with E-state index in [1.807, 2.05) is 20.2 Å². The largest absolute Gasteiger partial charge is 0.294 e. The molecule has 2 aromatic heterocycles. The number of carbonyl (C=O) groups excluding carboxylic acids is 1. The first-order chi connectivity index (χ1) is 7.69. The quantitative estimate of drug-likeness (QED) is 0.726. The molecule has 0 atom stereocenters. The zero-order valence-corrected chi connectivity index (χ0v) is 9.42. The zero-order chi connectivity index (χ0) is 11.5. The highest BCUT2D eigenvalue weighted by atomic mass is 16.1. The lowest BCUT2D eigenvalue weighted by Gasteiger charge is -1.96. The Bertz CT molecular complexity index is 498. The monoisotopic (exact) mass is 218 g/mol. The fraction of sp³-hybridized carbons (Fsp3) is 0.364. The van der Waals surface area contributed by atoms with E-state index < -0.39 is 0 Å². The highest BCUT2D eigenvalue weighted by Crippen LogP contribution is 2.05. The van der Waals surface area contributed by atoms with Crippen LogP contribution in [0.2, 0.25) is 0 Å². The second kappa shape index (κ2) is 4.30. The minimum Gasteiger partial charge on any atom is -0.294 e. The minimum absolute atomic E-state index is 0.123. The Morgan fingerprint density at radius 2 is 2.12 bits per heavy atom. The number of ketones is 1. The summed E-state index contributed by atoms with van der Waals surface area (Å²) in [7, 11) is 1.87. The lowest BCUT2D eigenvalue weighted by Crippen LogP contribution is -1.99. The SMILES string of the molecule is CCC(=O)c1cnn(Cc2cnn(C)c2)c1. The summed E-state index contributed by atoms with van der Waals surface area (Å²) in [5.41, 5.74) is 1.74. The first kappa shape index (κ1) is 10.6. The minimum atomic E-state index is 0.123. The van der Waals surface area contributed by atoms with Crippen LogP contribution in [0.15, 0.2) is 24.8 Å². The lowest BCUT2D eigenvalue weighted by atomic mass is 10.2. The van der Waals surface area contributed by atoms with Crippen molar-refractivity contribution >= 4 is 5.78 Å². The molecule has 0 fully saturated rings. The molecule has 0 aliphatic heterocycles. The van der Waals surface area contributed by atoms with Crippen LogP contribution in [0.25, 0.3) is 0 Å². The van der Waals surface area contributed by atoms with Gasteiger partial charge < -0.3 is 0 Å². The van der Waals surface area contributed by atoms with E-state index in [2.05, 4.69) is 10.2 Å². The molecule has 2 heterocycles. The molecular weight excluding hydrogens is 204 g/mol. The molecule has 0 aliphatic rings. The summed E-state index contributed by atoms with van der Waals surface area (Å²) in [6.07, 6.45) is 7.63. The van der Waals surface area contributed by atoms with Crippen molar-refractivity contribution in [1.82, 2.24) is 19.6 Å². The predicted molar refractivity (Wildman–Crippen MR) is 59.2 cm³/mol. The number of Topliss-reactive ketones (excluding diaryl/α,β-unsaturated/α-hetero) is 1. The Morgan fingerprint density at radius 1 is 1.31 bits per heavy atom. The number of rotatable bonds is 4. The van der Waals surface area contributed by atoms with Crippen LogP contribution in [0.3, 0.4) is 0 Å². The molecule has 2 rings (SSSR count). The van der Waals surface area contributed by atoms with Crippen LogP contribution in [0, 0.1) is 0 Å². The van der Waals surface area contributed by atoms with Gasteiger partial charge in [0.2, 0.25) is 0 Å². The average Bonchev–Trinajstić information content (AvgIpc) is 2.87. The van der Waals surface area contributed by atoms with Crippen LogP contribution in [-0.4, -0.2) is 25.3 Å². The van der Waals surface area contributed by atoms with Gasteiger partial charge in [0.25, 0.3) is 0 Å². The Kier molecular flexibility index (Phi) is 2.85. The van der Waals surface area contributed by atoms with Crippen molar-refractivity contribution in [3.63, 3.8) is 0 Å². The highest BCUT2D eigenvalue weighted by Gasteiger charge is 2.06. The molecule has 0 saturated carbocycles. The smallest absolute Gasteiger partial charge is 0.165 e. The van der Waals surface area contributed by atoms with Gasteiger partial charge in [0.05, 0.1) is 24.5 Å². The number of aryl methyl sites for hydroxylation is 1. The van der Waals surface area contributed by atoms with E-state index in [-0.39, 0.29) is 5.78 Å². The summed E-state index contributed by atoms with van der Waals surface area (Å²) in [6, 6.07) is 0. The van der Waals surface area contributed by atoms with E-state index >= 15 is 0 Å². The lowest BCUT2D eigenvalue weighted by molar-refractivity contribution is 0.0988. The molecule has 5 heteroatoms. The maximum Gasteiger partial charge on any atom is 0.165 e. The number of aromatic nitrogens is 4. The van der Waals surface area contributed by atoms with Gasteiger partial charge in [-0.15, -0.1) is 0 Å². The number of carbonyl (C=O) groups is 1. The molecule has 0 amide bonds. The van der Waals surface area contributed by atoms with Gasteiger partial charge in [0.1, 0.15) is 0 Å². The molecule has 0 unspecified atom stereocenters. The fourth-order valence-corrected chi connectivity index (χ4v) is 1.54. The number of hydrogen-bond acceptors (Lipinski definition) is 3. The molecule has 5 nitrogen and oxygen atoms in total. The van der Waals surface area contributed by atoms with Crippen LogP contribution in [-0.2, 0) is 13.6 Å². The molecular formula is C11H14N4O. The van der Waals surface area contributed by atoms with Gasteiger partial charge in [-0.25, -0.2) is 0 Å². The normalized spacial score (nSPS) is 10.6. The molecule has 0 bridgehead atoms. The van der Waals surface area contributed by atoms with Gasteiger partial charge in [0.15, 0.2) is 5.78 Å². The van der Waals surface area contributed by atoms with E-state index in [1.54, 1.807) is 28.0 Å². The predicted octanol–water partition coefficient (Wildman–Crippen LogP) is 1.26. The third-order valence-corrected chi connectivity index (χ3v) is 2.38. The summed E-state index contributed by atoms with van der Waals surface area (Å²) in [4.78, 5) is 11.4. The van der Waals surface area contributed by atoms with Gasteiger partial charge in [-0.05, 0) is 0 Å². The summed E-state index contributed by atoms with van der Waals surface area (Å²) in [5.74, 6) is 0.123. The van der Waals surface area contributed by atoms with Crippen molar-refractivity contribution in [3.8, 4) is 0 Å². The van der Waals surface area contributed by atoms with Crippen LogP contribution in [0.5, 0.6) is 0 Å². The fourth-order valence-electron chi connectivity index (χ4n) is 1.54. The highest BCUT2D eigenvalue weighted by molar-refractivity contribution is 5.95. The Hall–Kier alpha value is -1.91. The summed E-state index contributed by atoms with van der Waals surface area (Å²) in [5, 5.41) is 8.23. The molecule has 16 heavy (non-hydrogen) atoms. The van der Waals surface area contributed by atoms with Gasteiger partial charge in [-0.3, -0.25) is 14.2 Å². The average molecular weight is 218 g/mol. The van der Waals surface area contributed by atoms with Gasteiger partial charge in [0, 0.05) is 31.4 Å². The summed E-state index contributed by atoms with van der Waals surface area (Å²) < 4.78 is 3.50. The van der Waals surface area contributed by atoms with E-state index in [0.717, 1.165) is 5.56 Å². The van der Waals surface area contributed by atoms with Crippen LogP contribution in [0.4, 0.5) is 0 Å². The Morgan fingerprint density at radius 3 is 2.75 bits per heavy atom. The third kappa shape index (κ3) is 2.18. The maximum atomic E-state index is 11.4. The molecule has 84 valence electrons. The van der Waals surface area contributed by atoms with E-state index in [0.29, 0.717) is 18.5 Å². The van der Waals surface area contributed by atoms with Crippen molar-refractivity contribution in [1.29, 1.82) is 0 Å². The molecule has 0 radical (unpaired) electrons. The molecule has 0 aromatic carbocycles. The van der Waals surface area contributed by atoms with Crippen molar-refractivity contribution < 1.29 is 4.79 Å². The molecule has 0 saturated heterocycles. The van der Waals surface area contributed by atoms with Crippen molar-refractivity contribution in [2.45, 2.75) is 19.9 Å². The molecule has 0 spiro atoms. The van der Waals surface area contributed by atoms with Gasteiger partial charge >= 0.3 is 0 Å². The summed E-state index contributed by atoms with van der Waals surface area (Å²) in [6.45, 7) is 2.49. The van der Waals surface area contributed by atoms with Crippen LogP contribution in [0.1, 0.15) is 29.3 Å². The first-order valence-electron chi connectivity index (χ1n) is 5.22. The van der Waals surface area contributed by atoms with Crippen molar-refractivity contribution in [3.05, 3.63) is 35.9 Å². The molecule has 0 N–H and O–H groups in total. The van der Waals surface area contributed by atoms with Crippen molar-refractivity contribution in [2.24, 2.45) is 7.05 Å². The van der Waals surface area contributed by atoms with Crippen LogP contribution < -0.4 is 0 Å². The second-order valence-electron chi connectivity index (χ2n) is 3.73. The second-order valence-corrected chi connectivity index (χ2v) is 3.73. The van der Waals surface area contributed by atoms with Gasteiger partial charge in [-0.2, -0.15) is 10.2 Å². The third-order valence-electron chi connectivity index (χ3n) is 2.38. The van der Waals surface area contributed by atoms with Crippen LogP contribution >= 0.6 is 0 Å². The van der Waals surface area contributed by atoms with E-state index in [9.17, 15) is 4.79 Å². The van der Waals surface area contributed by atoms with Gasteiger partial charge in [-0.1, -0.05) is 6.92 Å². The summed E-state index contributed by atoms with van der Waals surface area (Å²) >= 11 is 0. The first-order valence-corrected chi connectivity index (χ1v) is 5.22. The molecule has 2 aromatic rings. The van der Waals surface area contributed by atoms with E-state index in [1.165, 1.54) is 0 Å².